The maximum Gasteiger partial charge on any atom is 0.407 e. The van der Waals surface area contributed by atoms with E-state index in [1.807, 2.05) is 12.1 Å². The fourth-order valence-electron chi connectivity index (χ4n) is 5.09. The summed E-state index contributed by atoms with van der Waals surface area (Å²) in [6.07, 6.45) is 4.44. The van der Waals surface area contributed by atoms with Crippen LogP contribution in [0.4, 0.5) is 16.3 Å². The number of rotatable bonds is 4. The molecule has 0 spiro atoms. The van der Waals surface area contributed by atoms with Crippen LogP contribution in [-0.2, 0) is 4.79 Å². The lowest BCUT2D eigenvalue weighted by atomic mass is 9.85. The highest BCUT2D eigenvalue weighted by molar-refractivity contribution is 6.01. The Bertz CT molecular complexity index is 918. The Kier molecular flexibility index (Phi) is 4.86. The first-order chi connectivity index (χ1) is 14.6. The normalized spacial score (nSPS) is 25.6. The van der Waals surface area contributed by atoms with Crippen molar-refractivity contribution in [1.82, 2.24) is 20.4 Å². The minimum Gasteiger partial charge on any atom is -0.465 e. The van der Waals surface area contributed by atoms with Gasteiger partial charge in [-0.3, -0.25) is 9.69 Å². The number of hydrogen-bond acceptors (Lipinski definition) is 5. The largest absolute Gasteiger partial charge is 0.465 e. The molecule has 0 radical (unpaired) electrons. The highest BCUT2D eigenvalue weighted by Gasteiger charge is 2.43. The van der Waals surface area contributed by atoms with Crippen LogP contribution >= 0.6 is 0 Å². The van der Waals surface area contributed by atoms with Crippen LogP contribution in [0.5, 0.6) is 0 Å². The molecule has 2 unspecified atom stereocenters. The summed E-state index contributed by atoms with van der Waals surface area (Å²) >= 11 is 0. The summed E-state index contributed by atoms with van der Waals surface area (Å²) in [7, 11) is 0. The van der Waals surface area contributed by atoms with Gasteiger partial charge in [-0.1, -0.05) is 12.1 Å². The summed E-state index contributed by atoms with van der Waals surface area (Å²) in [5.74, 6) is 0.844. The number of fused-ring (bicyclic) bond motifs is 2. The molecule has 3 aliphatic rings. The highest BCUT2D eigenvalue weighted by atomic mass is 16.4. The van der Waals surface area contributed by atoms with Crippen molar-refractivity contribution < 1.29 is 14.7 Å². The number of nitrogens with one attached hydrogen (secondary N) is 1. The minimum absolute atomic E-state index is 0.0230. The van der Waals surface area contributed by atoms with E-state index in [0.29, 0.717) is 24.8 Å². The van der Waals surface area contributed by atoms with Gasteiger partial charge in [0.15, 0.2) is 5.82 Å². The number of nitrogens with zero attached hydrogens (tertiary/aromatic N) is 4. The molecule has 1 aromatic carbocycles. The fraction of sp³-hybridized carbons (Fsp3) is 0.455. The van der Waals surface area contributed by atoms with Crippen molar-refractivity contribution in [1.29, 1.82) is 0 Å². The number of benzene rings is 1. The lowest BCUT2D eigenvalue weighted by Crippen LogP contribution is -2.51. The molecular weight excluding hydrogens is 382 g/mol. The van der Waals surface area contributed by atoms with Gasteiger partial charge in [0, 0.05) is 31.4 Å². The molecule has 8 heteroatoms. The van der Waals surface area contributed by atoms with Crippen LogP contribution in [-0.4, -0.2) is 57.4 Å². The van der Waals surface area contributed by atoms with Crippen molar-refractivity contribution in [3.8, 4) is 0 Å². The molecule has 3 fully saturated rings. The molecule has 3 saturated heterocycles. The second-order valence-corrected chi connectivity index (χ2v) is 8.45. The summed E-state index contributed by atoms with van der Waals surface area (Å²) in [5, 5.41) is 20.7. The SMILES string of the molecule is O=C(C1CNC1)N(c1ccc(C2CC3CCC(C2)N3C(=O)O)cc1)c1cccnn1. The predicted molar refractivity (Wildman–Crippen MR) is 111 cm³/mol. The average Bonchev–Trinajstić information content (AvgIpc) is 2.99. The number of piperidine rings is 1. The number of carbonyl (C=O) groups excluding carboxylic acids is 1. The van der Waals surface area contributed by atoms with Crippen LogP contribution in [0.15, 0.2) is 42.6 Å². The van der Waals surface area contributed by atoms with E-state index in [-0.39, 0.29) is 23.9 Å². The zero-order chi connectivity index (χ0) is 20.7. The Hall–Kier alpha value is -3.00. The van der Waals surface area contributed by atoms with E-state index in [1.54, 1.807) is 28.1 Å². The molecule has 0 aliphatic carbocycles. The van der Waals surface area contributed by atoms with E-state index in [9.17, 15) is 14.7 Å². The molecule has 156 valence electrons. The van der Waals surface area contributed by atoms with Gasteiger partial charge >= 0.3 is 6.09 Å². The van der Waals surface area contributed by atoms with Crippen molar-refractivity contribution in [2.45, 2.75) is 43.7 Å². The van der Waals surface area contributed by atoms with Gasteiger partial charge < -0.3 is 15.3 Å². The molecule has 2 aromatic rings. The van der Waals surface area contributed by atoms with E-state index in [2.05, 4.69) is 27.6 Å². The van der Waals surface area contributed by atoms with E-state index in [1.165, 1.54) is 5.56 Å². The van der Waals surface area contributed by atoms with Gasteiger partial charge in [0.1, 0.15) is 0 Å². The molecule has 3 aliphatic heterocycles. The van der Waals surface area contributed by atoms with Crippen LogP contribution in [0.2, 0.25) is 0 Å². The van der Waals surface area contributed by atoms with Crippen LogP contribution < -0.4 is 10.2 Å². The van der Waals surface area contributed by atoms with E-state index in [0.717, 1.165) is 31.4 Å². The van der Waals surface area contributed by atoms with Gasteiger partial charge in [-0.05, 0) is 61.4 Å². The number of carbonyl (C=O) groups is 2. The van der Waals surface area contributed by atoms with Crippen molar-refractivity contribution in [2.24, 2.45) is 5.92 Å². The number of hydrogen-bond donors (Lipinski definition) is 2. The second-order valence-electron chi connectivity index (χ2n) is 8.45. The Labute approximate surface area is 174 Å². The third-order valence-corrected chi connectivity index (χ3v) is 6.72. The molecule has 2 atom stereocenters. The van der Waals surface area contributed by atoms with Crippen molar-refractivity contribution in [3.05, 3.63) is 48.2 Å². The molecule has 30 heavy (non-hydrogen) atoms. The third kappa shape index (κ3) is 3.31. The quantitative estimate of drug-likeness (QED) is 0.809. The number of carboxylic acid groups (broad SMARTS) is 1. The van der Waals surface area contributed by atoms with Gasteiger partial charge in [0.05, 0.1) is 11.6 Å². The standard InChI is InChI=1S/C22H25N5O3/c28-21(16-12-23-13-16)27(20-2-1-9-24-25-20)17-5-3-14(4-6-17)15-10-18-7-8-19(11-15)26(18)22(29)30/h1-6,9,15-16,18-19,23H,7-8,10-13H2,(H,29,30). The first-order valence-corrected chi connectivity index (χ1v) is 10.6. The molecule has 2 N–H and O–H groups in total. The zero-order valence-corrected chi connectivity index (χ0v) is 16.6. The minimum atomic E-state index is -0.792. The predicted octanol–water partition coefficient (Wildman–Crippen LogP) is 2.75. The smallest absolute Gasteiger partial charge is 0.407 e. The molecule has 4 heterocycles. The van der Waals surface area contributed by atoms with Crippen LogP contribution in [0.25, 0.3) is 0 Å². The van der Waals surface area contributed by atoms with Gasteiger partial charge in [-0.25, -0.2) is 4.79 Å². The summed E-state index contributed by atoms with van der Waals surface area (Å²) in [5.41, 5.74) is 1.99. The molecule has 8 nitrogen and oxygen atoms in total. The van der Waals surface area contributed by atoms with Crippen LogP contribution in [0, 0.1) is 5.92 Å². The van der Waals surface area contributed by atoms with E-state index >= 15 is 0 Å². The Morgan fingerprint density at radius 2 is 1.77 bits per heavy atom. The van der Waals surface area contributed by atoms with Gasteiger partial charge in [0.25, 0.3) is 0 Å². The Morgan fingerprint density at radius 1 is 1.07 bits per heavy atom. The van der Waals surface area contributed by atoms with Crippen molar-refractivity contribution in [2.75, 3.05) is 18.0 Å². The van der Waals surface area contributed by atoms with Crippen molar-refractivity contribution >= 4 is 23.5 Å². The summed E-state index contributed by atoms with van der Waals surface area (Å²) < 4.78 is 0. The number of amides is 2. The maximum atomic E-state index is 13.1. The summed E-state index contributed by atoms with van der Waals surface area (Å²) in [4.78, 5) is 27.9. The van der Waals surface area contributed by atoms with E-state index < -0.39 is 6.09 Å². The highest BCUT2D eigenvalue weighted by Crippen LogP contribution is 2.43. The van der Waals surface area contributed by atoms with Crippen molar-refractivity contribution in [3.63, 3.8) is 0 Å². The maximum absolute atomic E-state index is 13.1. The average molecular weight is 407 g/mol. The van der Waals surface area contributed by atoms with Crippen LogP contribution in [0.3, 0.4) is 0 Å². The first-order valence-electron chi connectivity index (χ1n) is 10.6. The molecule has 5 rings (SSSR count). The second kappa shape index (κ2) is 7.68. The first kappa shape index (κ1) is 19.0. The number of anilines is 2. The summed E-state index contributed by atoms with van der Waals surface area (Å²) in [6, 6.07) is 11.9. The monoisotopic (exact) mass is 407 g/mol. The number of aromatic nitrogens is 2. The molecular formula is C22H25N5O3. The fourth-order valence-corrected chi connectivity index (χ4v) is 5.09. The van der Waals surface area contributed by atoms with Gasteiger partial charge in [0.2, 0.25) is 5.91 Å². The lowest BCUT2D eigenvalue weighted by Gasteiger charge is -2.37. The Balaban J connectivity index is 1.38. The summed E-state index contributed by atoms with van der Waals surface area (Å²) in [6.45, 7) is 1.36. The van der Waals surface area contributed by atoms with Gasteiger partial charge in [-0.15, -0.1) is 5.10 Å². The van der Waals surface area contributed by atoms with E-state index in [4.69, 9.17) is 0 Å². The lowest BCUT2D eigenvalue weighted by molar-refractivity contribution is -0.123. The molecule has 2 amide bonds. The molecule has 2 bridgehead atoms. The topological polar surface area (TPSA) is 98.7 Å². The van der Waals surface area contributed by atoms with Crippen LogP contribution in [0.1, 0.15) is 37.2 Å². The Morgan fingerprint density at radius 3 is 2.30 bits per heavy atom. The molecule has 1 aromatic heterocycles. The zero-order valence-electron chi connectivity index (χ0n) is 16.6. The third-order valence-electron chi connectivity index (χ3n) is 6.72. The van der Waals surface area contributed by atoms with Gasteiger partial charge in [-0.2, -0.15) is 5.10 Å². The molecule has 0 saturated carbocycles.